The zero-order chi connectivity index (χ0) is 15.6. The van der Waals surface area contributed by atoms with E-state index < -0.39 is 17.7 Å². The van der Waals surface area contributed by atoms with Crippen molar-refractivity contribution in [1.29, 1.82) is 0 Å². The van der Waals surface area contributed by atoms with Gasteiger partial charge in [0.1, 0.15) is 4.60 Å². The third-order valence-electron chi connectivity index (χ3n) is 2.53. The molecule has 0 amide bonds. The van der Waals surface area contributed by atoms with Crippen molar-refractivity contribution in [3.8, 4) is 5.75 Å². The van der Waals surface area contributed by atoms with Gasteiger partial charge in [-0.2, -0.15) is 0 Å². The Kier molecular flexibility index (Phi) is 4.17. The fourth-order valence-corrected chi connectivity index (χ4v) is 1.96. The Hall–Kier alpha value is -2.09. The van der Waals surface area contributed by atoms with Crippen molar-refractivity contribution in [2.24, 2.45) is 0 Å². The van der Waals surface area contributed by atoms with Crippen LogP contribution in [0.25, 0.3) is 0 Å². The Balaban J connectivity index is 2.17. The van der Waals surface area contributed by atoms with Gasteiger partial charge in [-0.15, -0.1) is 0 Å². The molecule has 2 heterocycles. The Morgan fingerprint density at radius 3 is 2.52 bits per heavy atom. The molecule has 1 aliphatic rings. The predicted octanol–water partition coefficient (Wildman–Crippen LogP) is 1.98. The number of anilines is 1. The fourth-order valence-electron chi connectivity index (χ4n) is 1.58. The van der Waals surface area contributed by atoms with E-state index in [4.69, 9.17) is 14.2 Å². The summed E-state index contributed by atoms with van der Waals surface area (Å²) in [6.07, 6.45) is 2.72. The van der Waals surface area contributed by atoms with Gasteiger partial charge in [-0.1, -0.05) is 0 Å². The molecule has 0 spiro atoms. The number of aromatic nitrogens is 1. The Morgan fingerprint density at radius 1 is 1.33 bits per heavy atom. The first kappa shape index (κ1) is 15.3. The SMILES string of the molecule is COc1cc(NC=C2C(=O)OC(C)(C)OC2=O)cnc1Br. The van der Waals surface area contributed by atoms with Crippen molar-refractivity contribution in [2.75, 3.05) is 12.4 Å². The quantitative estimate of drug-likeness (QED) is 0.383. The molecule has 0 saturated carbocycles. The summed E-state index contributed by atoms with van der Waals surface area (Å²) < 4.78 is 15.6. The monoisotopic (exact) mass is 356 g/mol. The van der Waals surface area contributed by atoms with Crippen LogP contribution in [-0.2, 0) is 19.1 Å². The second kappa shape index (κ2) is 5.72. The van der Waals surface area contributed by atoms with E-state index in [1.807, 2.05) is 0 Å². The standard InChI is InChI=1S/C13H13BrN2O5/c1-13(2)20-11(17)8(12(18)21-13)6-15-7-4-9(19-3)10(14)16-5-7/h4-6,15H,1-3H3. The molecule has 0 unspecified atom stereocenters. The summed E-state index contributed by atoms with van der Waals surface area (Å²) in [5.41, 5.74) is 0.309. The van der Waals surface area contributed by atoms with E-state index in [1.54, 1.807) is 6.07 Å². The van der Waals surface area contributed by atoms with Crippen LogP contribution in [0.4, 0.5) is 5.69 Å². The molecule has 112 valence electrons. The summed E-state index contributed by atoms with van der Waals surface area (Å²) in [6.45, 7) is 2.97. The number of methoxy groups -OCH3 is 1. The minimum Gasteiger partial charge on any atom is -0.494 e. The molecule has 2 rings (SSSR count). The summed E-state index contributed by atoms with van der Waals surface area (Å²) in [6, 6.07) is 1.65. The molecule has 1 N–H and O–H groups in total. The summed E-state index contributed by atoms with van der Waals surface area (Å²) >= 11 is 3.22. The topological polar surface area (TPSA) is 86.8 Å². The van der Waals surface area contributed by atoms with Gasteiger partial charge in [0, 0.05) is 26.1 Å². The van der Waals surface area contributed by atoms with Crippen LogP contribution in [0.5, 0.6) is 5.75 Å². The van der Waals surface area contributed by atoms with Crippen molar-refractivity contribution in [3.63, 3.8) is 0 Å². The lowest BCUT2D eigenvalue weighted by Gasteiger charge is -2.29. The van der Waals surface area contributed by atoms with E-state index in [-0.39, 0.29) is 5.57 Å². The lowest BCUT2D eigenvalue weighted by molar-refractivity contribution is -0.222. The third-order valence-corrected chi connectivity index (χ3v) is 3.12. The lowest BCUT2D eigenvalue weighted by atomic mass is 10.2. The van der Waals surface area contributed by atoms with Crippen LogP contribution < -0.4 is 10.1 Å². The first-order valence-corrected chi connectivity index (χ1v) is 6.74. The van der Waals surface area contributed by atoms with Crippen LogP contribution in [0.1, 0.15) is 13.8 Å². The minimum atomic E-state index is -1.26. The number of rotatable bonds is 3. The van der Waals surface area contributed by atoms with Gasteiger partial charge in [0.25, 0.3) is 5.79 Å². The first-order valence-electron chi connectivity index (χ1n) is 5.95. The number of nitrogens with zero attached hydrogens (tertiary/aromatic N) is 1. The molecule has 8 heteroatoms. The number of hydrogen-bond donors (Lipinski definition) is 1. The second-order valence-corrected chi connectivity index (χ2v) is 5.35. The van der Waals surface area contributed by atoms with E-state index >= 15 is 0 Å². The fraction of sp³-hybridized carbons (Fsp3) is 0.308. The highest BCUT2D eigenvalue weighted by Gasteiger charge is 2.38. The average molecular weight is 357 g/mol. The molecule has 1 fully saturated rings. The van der Waals surface area contributed by atoms with Gasteiger partial charge in [-0.25, -0.2) is 14.6 Å². The predicted molar refractivity (Wildman–Crippen MR) is 76.5 cm³/mol. The summed E-state index contributed by atoms with van der Waals surface area (Å²) in [7, 11) is 1.50. The third kappa shape index (κ3) is 3.52. The summed E-state index contributed by atoms with van der Waals surface area (Å²) in [4.78, 5) is 27.5. The Labute approximate surface area is 129 Å². The van der Waals surface area contributed by atoms with Gasteiger partial charge in [0.2, 0.25) is 0 Å². The van der Waals surface area contributed by atoms with Crippen molar-refractivity contribution >= 4 is 33.6 Å². The van der Waals surface area contributed by atoms with E-state index in [9.17, 15) is 9.59 Å². The Morgan fingerprint density at radius 2 is 1.95 bits per heavy atom. The molecule has 0 aromatic carbocycles. The zero-order valence-electron chi connectivity index (χ0n) is 11.6. The van der Waals surface area contributed by atoms with E-state index in [0.29, 0.717) is 16.0 Å². The van der Waals surface area contributed by atoms with Crippen LogP contribution >= 0.6 is 15.9 Å². The molecule has 0 bridgehead atoms. The number of pyridine rings is 1. The molecule has 0 atom stereocenters. The van der Waals surface area contributed by atoms with Crippen LogP contribution in [-0.4, -0.2) is 29.8 Å². The number of ether oxygens (including phenoxy) is 3. The summed E-state index contributed by atoms with van der Waals surface area (Å²) in [5.74, 6) is -2.25. The zero-order valence-corrected chi connectivity index (χ0v) is 13.2. The number of esters is 2. The number of nitrogens with one attached hydrogen (secondary N) is 1. The molecule has 1 saturated heterocycles. The molecule has 0 aliphatic carbocycles. The number of cyclic esters (lactones) is 2. The number of carbonyl (C=O) groups excluding carboxylic acids is 2. The van der Waals surface area contributed by atoms with E-state index in [1.165, 1.54) is 33.4 Å². The molecule has 21 heavy (non-hydrogen) atoms. The molecular weight excluding hydrogens is 344 g/mol. The Bertz CT molecular complexity index is 605. The highest BCUT2D eigenvalue weighted by atomic mass is 79.9. The van der Waals surface area contributed by atoms with E-state index in [2.05, 4.69) is 26.2 Å². The normalized spacial score (nSPS) is 16.9. The summed E-state index contributed by atoms with van der Waals surface area (Å²) in [5, 5.41) is 2.78. The van der Waals surface area contributed by atoms with Gasteiger partial charge in [0.05, 0.1) is 19.0 Å². The van der Waals surface area contributed by atoms with Crippen LogP contribution in [0.3, 0.4) is 0 Å². The number of halogens is 1. The molecule has 1 aliphatic heterocycles. The van der Waals surface area contributed by atoms with Crippen LogP contribution in [0.2, 0.25) is 0 Å². The van der Waals surface area contributed by atoms with Gasteiger partial charge in [0.15, 0.2) is 11.3 Å². The number of carbonyl (C=O) groups is 2. The van der Waals surface area contributed by atoms with E-state index in [0.717, 1.165) is 0 Å². The van der Waals surface area contributed by atoms with Gasteiger partial charge >= 0.3 is 11.9 Å². The maximum Gasteiger partial charge on any atom is 0.350 e. The molecule has 1 aromatic heterocycles. The molecular formula is C13H13BrN2O5. The van der Waals surface area contributed by atoms with Gasteiger partial charge in [-0.3, -0.25) is 0 Å². The minimum absolute atomic E-state index is 0.226. The molecule has 7 nitrogen and oxygen atoms in total. The van der Waals surface area contributed by atoms with Crippen molar-refractivity contribution in [1.82, 2.24) is 4.98 Å². The smallest absolute Gasteiger partial charge is 0.350 e. The largest absolute Gasteiger partial charge is 0.494 e. The van der Waals surface area contributed by atoms with Crippen molar-refractivity contribution < 1.29 is 23.8 Å². The van der Waals surface area contributed by atoms with Crippen molar-refractivity contribution in [2.45, 2.75) is 19.6 Å². The molecule has 0 radical (unpaired) electrons. The van der Waals surface area contributed by atoms with Crippen LogP contribution in [0, 0.1) is 0 Å². The van der Waals surface area contributed by atoms with Gasteiger partial charge in [-0.05, 0) is 15.9 Å². The van der Waals surface area contributed by atoms with Crippen LogP contribution in [0.15, 0.2) is 28.6 Å². The second-order valence-electron chi connectivity index (χ2n) is 4.60. The van der Waals surface area contributed by atoms with Crippen molar-refractivity contribution in [3.05, 3.63) is 28.6 Å². The maximum atomic E-state index is 11.7. The molecule has 1 aromatic rings. The highest BCUT2D eigenvalue weighted by Crippen LogP contribution is 2.26. The average Bonchev–Trinajstić information content (AvgIpc) is 2.38. The highest BCUT2D eigenvalue weighted by molar-refractivity contribution is 9.10. The van der Waals surface area contributed by atoms with Gasteiger partial charge < -0.3 is 19.5 Å². The maximum absolute atomic E-state index is 11.7. The lowest BCUT2D eigenvalue weighted by Crippen LogP contribution is -2.42. The first-order chi connectivity index (χ1) is 9.82. The number of hydrogen-bond acceptors (Lipinski definition) is 7.